The first-order chi connectivity index (χ1) is 16.6. The molecule has 12 heteroatoms. The maximum atomic E-state index is 13.8. The Morgan fingerprint density at radius 3 is 2.74 bits per heavy atom. The van der Waals surface area contributed by atoms with Crippen LogP contribution in [0, 0.1) is 5.41 Å². The molecular weight excluding hydrogens is 506 g/mol. The van der Waals surface area contributed by atoms with Gasteiger partial charge in [-0.15, -0.1) is 0 Å². The molecular formula is C23H24Cl2F3N5O2. The van der Waals surface area contributed by atoms with Crippen LogP contribution in [0.3, 0.4) is 0 Å². The molecule has 0 amide bonds. The van der Waals surface area contributed by atoms with Crippen LogP contribution < -0.4 is 16.0 Å². The summed E-state index contributed by atoms with van der Waals surface area (Å²) in [7, 11) is 0. The number of hydrogen-bond donors (Lipinski definition) is 3. The standard InChI is InChI=1S/C23H24Cl2F3N5O2/c24-16-7-5-13(11-17(16)25)3-2-10-34-19-8-6-14(12-15(19)23(26,27)28)20-31-21(35-32-20)18-4-1-9-33(18)22(29)30/h5-8,11-12,18,21H,1-4,9-10H2,(H3,29,30)(H,31,32). The maximum Gasteiger partial charge on any atom is 0.419 e. The van der Waals surface area contributed by atoms with E-state index in [0.717, 1.165) is 18.1 Å². The SMILES string of the molecule is N=C(N)N1CCCC1C1N=C(c2ccc(OCCCc3ccc(Cl)c(Cl)c3)c(C(F)(F)F)c2)NO1. The molecule has 0 bridgehead atoms. The number of guanidine groups is 1. The van der Waals surface area contributed by atoms with Crippen molar-refractivity contribution in [2.24, 2.45) is 10.7 Å². The van der Waals surface area contributed by atoms with Crippen molar-refractivity contribution in [3.05, 3.63) is 63.1 Å². The van der Waals surface area contributed by atoms with Crippen LogP contribution in [0.25, 0.3) is 0 Å². The Kier molecular flexibility index (Phi) is 7.63. The van der Waals surface area contributed by atoms with Gasteiger partial charge in [-0.2, -0.15) is 13.2 Å². The molecule has 2 heterocycles. The van der Waals surface area contributed by atoms with Crippen molar-refractivity contribution in [3.8, 4) is 5.75 Å². The van der Waals surface area contributed by atoms with Gasteiger partial charge in [0.2, 0.25) is 0 Å². The fraction of sp³-hybridized carbons (Fsp3) is 0.391. The van der Waals surface area contributed by atoms with Crippen LogP contribution in [-0.4, -0.2) is 42.1 Å². The van der Waals surface area contributed by atoms with Crippen molar-refractivity contribution >= 4 is 35.0 Å². The van der Waals surface area contributed by atoms with E-state index in [1.54, 1.807) is 17.0 Å². The zero-order chi connectivity index (χ0) is 25.2. The molecule has 2 aliphatic rings. The summed E-state index contributed by atoms with van der Waals surface area (Å²) in [5.41, 5.74) is 8.47. The average Bonchev–Trinajstić information content (AvgIpc) is 3.48. The highest BCUT2D eigenvalue weighted by Gasteiger charge is 2.38. The lowest BCUT2D eigenvalue weighted by molar-refractivity contribution is -0.139. The van der Waals surface area contributed by atoms with Crippen LogP contribution in [-0.2, 0) is 17.4 Å². The minimum absolute atomic E-state index is 0.0835. The van der Waals surface area contributed by atoms with E-state index < -0.39 is 18.0 Å². The third-order valence-electron chi connectivity index (χ3n) is 5.88. The van der Waals surface area contributed by atoms with Gasteiger partial charge in [0.1, 0.15) is 5.75 Å². The summed E-state index contributed by atoms with van der Waals surface area (Å²) in [6.45, 7) is 0.704. The molecule has 2 aliphatic heterocycles. The van der Waals surface area contributed by atoms with Gasteiger partial charge < -0.3 is 15.4 Å². The first-order valence-electron chi connectivity index (χ1n) is 11.0. The molecule has 2 aromatic rings. The Labute approximate surface area is 210 Å². The number of likely N-dealkylation sites (tertiary alicyclic amines) is 1. The van der Waals surface area contributed by atoms with Crippen molar-refractivity contribution in [3.63, 3.8) is 0 Å². The number of aliphatic imine (C=N–C) groups is 1. The first-order valence-corrected chi connectivity index (χ1v) is 11.8. The number of hydrogen-bond acceptors (Lipinski definition) is 5. The lowest BCUT2D eigenvalue weighted by atomic mass is 10.1. The van der Waals surface area contributed by atoms with E-state index in [1.165, 1.54) is 12.1 Å². The predicted molar refractivity (Wildman–Crippen MR) is 128 cm³/mol. The second-order valence-corrected chi connectivity index (χ2v) is 9.10. The Morgan fingerprint density at radius 1 is 1.23 bits per heavy atom. The van der Waals surface area contributed by atoms with Gasteiger partial charge in [-0.1, -0.05) is 29.3 Å². The molecule has 4 rings (SSSR count). The molecule has 0 radical (unpaired) electrons. The fourth-order valence-corrected chi connectivity index (χ4v) is 4.48. The molecule has 2 atom stereocenters. The first kappa shape index (κ1) is 25.4. The van der Waals surface area contributed by atoms with E-state index in [0.29, 0.717) is 35.9 Å². The zero-order valence-electron chi connectivity index (χ0n) is 18.5. The number of amidine groups is 1. The van der Waals surface area contributed by atoms with Crippen LogP contribution in [0.1, 0.15) is 36.0 Å². The Balaban J connectivity index is 1.44. The minimum Gasteiger partial charge on any atom is -0.493 e. The number of ether oxygens (including phenoxy) is 1. The lowest BCUT2D eigenvalue weighted by Crippen LogP contribution is -2.45. The van der Waals surface area contributed by atoms with Gasteiger partial charge in [0, 0.05) is 12.1 Å². The highest BCUT2D eigenvalue weighted by molar-refractivity contribution is 6.42. The molecule has 0 spiro atoms. The largest absolute Gasteiger partial charge is 0.493 e. The Hall–Kier alpha value is -2.69. The minimum atomic E-state index is -4.62. The molecule has 7 nitrogen and oxygen atoms in total. The van der Waals surface area contributed by atoms with Crippen LogP contribution >= 0.6 is 23.2 Å². The second kappa shape index (κ2) is 10.5. The molecule has 1 fully saturated rings. The highest BCUT2D eigenvalue weighted by Crippen LogP contribution is 2.37. The van der Waals surface area contributed by atoms with E-state index >= 15 is 0 Å². The van der Waals surface area contributed by atoms with Crippen molar-refractivity contribution in [2.45, 2.75) is 44.1 Å². The van der Waals surface area contributed by atoms with Crippen LogP contribution in [0.15, 0.2) is 41.4 Å². The fourth-order valence-electron chi connectivity index (χ4n) is 4.16. The van der Waals surface area contributed by atoms with Gasteiger partial charge in [0.15, 0.2) is 18.0 Å². The number of alkyl halides is 3. The van der Waals surface area contributed by atoms with E-state index in [4.69, 9.17) is 43.9 Å². The highest BCUT2D eigenvalue weighted by atomic mass is 35.5. The van der Waals surface area contributed by atoms with Gasteiger partial charge in [0.05, 0.1) is 28.3 Å². The third kappa shape index (κ3) is 5.94. The summed E-state index contributed by atoms with van der Waals surface area (Å²) in [6, 6.07) is 8.74. The molecule has 2 unspecified atom stereocenters. The van der Waals surface area contributed by atoms with Crippen LogP contribution in [0.5, 0.6) is 5.75 Å². The van der Waals surface area contributed by atoms with Crippen LogP contribution in [0.4, 0.5) is 13.2 Å². The maximum absolute atomic E-state index is 13.8. The van der Waals surface area contributed by atoms with Gasteiger partial charge in [-0.25, -0.2) is 15.3 Å². The number of halogens is 5. The van der Waals surface area contributed by atoms with Gasteiger partial charge in [-0.3, -0.25) is 5.41 Å². The van der Waals surface area contributed by atoms with Crippen LogP contribution in [0.2, 0.25) is 10.0 Å². The topological polar surface area (TPSA) is 96.0 Å². The average molecular weight is 530 g/mol. The Morgan fingerprint density at radius 2 is 2.03 bits per heavy atom. The number of nitrogens with two attached hydrogens (primary N) is 1. The molecule has 0 aromatic heterocycles. The van der Waals surface area contributed by atoms with Gasteiger partial charge >= 0.3 is 6.18 Å². The summed E-state index contributed by atoms with van der Waals surface area (Å²) in [4.78, 5) is 11.6. The molecule has 35 heavy (non-hydrogen) atoms. The molecule has 188 valence electrons. The quantitative estimate of drug-likeness (QED) is 0.267. The number of rotatable bonds is 7. The molecule has 2 aromatic carbocycles. The number of aryl methyl sites for hydroxylation is 1. The zero-order valence-corrected chi connectivity index (χ0v) is 20.1. The van der Waals surface area contributed by atoms with Crippen molar-refractivity contribution in [1.82, 2.24) is 10.4 Å². The van der Waals surface area contributed by atoms with Crippen molar-refractivity contribution < 1.29 is 22.7 Å². The molecule has 0 aliphatic carbocycles. The normalized spacial score (nSPS) is 20.0. The smallest absolute Gasteiger partial charge is 0.419 e. The summed E-state index contributed by atoms with van der Waals surface area (Å²) in [6.07, 6.45) is -2.69. The summed E-state index contributed by atoms with van der Waals surface area (Å²) >= 11 is 11.9. The predicted octanol–water partition coefficient (Wildman–Crippen LogP) is 4.99. The van der Waals surface area contributed by atoms with E-state index in [1.807, 2.05) is 6.07 Å². The number of nitrogens with one attached hydrogen (secondary N) is 2. The van der Waals surface area contributed by atoms with E-state index in [9.17, 15) is 13.2 Å². The molecule has 1 saturated heterocycles. The van der Waals surface area contributed by atoms with Crippen molar-refractivity contribution in [2.75, 3.05) is 13.2 Å². The van der Waals surface area contributed by atoms with E-state index in [2.05, 4.69) is 10.5 Å². The van der Waals surface area contributed by atoms with Crippen molar-refractivity contribution in [1.29, 1.82) is 5.41 Å². The lowest BCUT2D eigenvalue weighted by Gasteiger charge is -2.26. The Bertz CT molecular complexity index is 1130. The number of hydroxylamine groups is 1. The van der Waals surface area contributed by atoms with Gasteiger partial charge in [0.25, 0.3) is 0 Å². The second-order valence-electron chi connectivity index (χ2n) is 8.29. The summed E-state index contributed by atoms with van der Waals surface area (Å²) in [5, 5.41) is 8.56. The number of benzene rings is 2. The third-order valence-corrected chi connectivity index (χ3v) is 6.62. The molecule has 4 N–H and O–H groups in total. The monoisotopic (exact) mass is 529 g/mol. The van der Waals surface area contributed by atoms with E-state index in [-0.39, 0.29) is 35.8 Å². The summed E-state index contributed by atoms with van der Waals surface area (Å²) < 4.78 is 46.9. The molecule has 0 saturated carbocycles. The van der Waals surface area contributed by atoms with Gasteiger partial charge in [-0.05, 0) is 61.6 Å². The number of nitrogens with zero attached hydrogens (tertiary/aromatic N) is 2. The summed E-state index contributed by atoms with van der Waals surface area (Å²) in [5.74, 6) is -0.160.